The number of aryl methyl sites for hydroxylation is 3. The van der Waals surface area contributed by atoms with E-state index in [1.165, 1.54) is 32.4 Å². The van der Waals surface area contributed by atoms with E-state index in [4.69, 9.17) is 0 Å². The van der Waals surface area contributed by atoms with Gasteiger partial charge in [-0.25, -0.2) is 0 Å². The van der Waals surface area contributed by atoms with Gasteiger partial charge in [0.05, 0.1) is 0 Å². The average molecular weight is 318 g/mol. The summed E-state index contributed by atoms with van der Waals surface area (Å²) >= 11 is 3.61. The molecule has 0 aliphatic heterocycles. The van der Waals surface area contributed by atoms with Crippen LogP contribution in [0.1, 0.15) is 35.2 Å². The summed E-state index contributed by atoms with van der Waals surface area (Å²) in [5.74, 6) is 0. The molecule has 0 amide bonds. The van der Waals surface area contributed by atoms with Crippen molar-refractivity contribution in [1.29, 1.82) is 0 Å². The minimum Gasteiger partial charge on any atom is -0.379 e. The van der Waals surface area contributed by atoms with Gasteiger partial charge in [-0.05, 0) is 56.5 Å². The maximum atomic E-state index is 3.61. The highest BCUT2D eigenvalue weighted by atomic mass is 79.9. The highest BCUT2D eigenvalue weighted by Gasteiger charge is 2.07. The van der Waals surface area contributed by atoms with Gasteiger partial charge in [0.15, 0.2) is 0 Å². The topological polar surface area (TPSA) is 12.0 Å². The van der Waals surface area contributed by atoms with Crippen molar-refractivity contribution < 1.29 is 0 Å². The lowest BCUT2D eigenvalue weighted by Gasteiger charge is -2.18. The summed E-state index contributed by atoms with van der Waals surface area (Å²) in [6.45, 7) is 8.57. The zero-order valence-corrected chi connectivity index (χ0v) is 13.5. The van der Waals surface area contributed by atoms with Gasteiger partial charge in [0.2, 0.25) is 0 Å². The van der Waals surface area contributed by atoms with Gasteiger partial charge in [-0.3, -0.25) is 0 Å². The molecule has 1 atom stereocenters. The number of hydrogen-bond acceptors (Lipinski definition) is 1. The maximum absolute atomic E-state index is 3.61. The molecule has 0 bridgehead atoms. The fraction of sp³-hybridized carbons (Fsp3) is 0.294. The first-order valence-electron chi connectivity index (χ1n) is 6.57. The number of benzene rings is 2. The van der Waals surface area contributed by atoms with Crippen LogP contribution in [0.2, 0.25) is 0 Å². The van der Waals surface area contributed by atoms with Crippen LogP contribution in [0.25, 0.3) is 0 Å². The maximum Gasteiger partial charge on any atom is 0.0485 e. The second-order valence-electron chi connectivity index (χ2n) is 5.20. The van der Waals surface area contributed by atoms with Crippen LogP contribution >= 0.6 is 15.9 Å². The standard InChI is InChI=1S/C17H20BrN/c1-11-6-5-7-15(8-11)14(4)19-16-9-12(2)17(18)13(3)10-16/h5-10,14,19H,1-4H3. The summed E-state index contributed by atoms with van der Waals surface area (Å²) in [7, 11) is 0. The van der Waals surface area contributed by atoms with E-state index in [1.54, 1.807) is 0 Å². The molecule has 19 heavy (non-hydrogen) atoms. The molecule has 2 aromatic carbocycles. The Morgan fingerprint density at radius 3 is 2.21 bits per heavy atom. The molecule has 1 nitrogen and oxygen atoms in total. The van der Waals surface area contributed by atoms with Crippen molar-refractivity contribution in [3.8, 4) is 0 Å². The third-order valence-electron chi connectivity index (χ3n) is 3.36. The first-order chi connectivity index (χ1) is 8.97. The van der Waals surface area contributed by atoms with Crippen molar-refractivity contribution in [2.24, 2.45) is 0 Å². The number of rotatable bonds is 3. The summed E-state index contributed by atoms with van der Waals surface area (Å²) in [5, 5.41) is 3.57. The fourth-order valence-corrected chi connectivity index (χ4v) is 2.53. The minimum absolute atomic E-state index is 0.305. The lowest BCUT2D eigenvalue weighted by Crippen LogP contribution is -2.07. The molecule has 0 aromatic heterocycles. The van der Waals surface area contributed by atoms with Crippen molar-refractivity contribution in [2.45, 2.75) is 33.7 Å². The number of halogens is 1. The van der Waals surface area contributed by atoms with Gasteiger partial charge in [0, 0.05) is 16.2 Å². The summed E-state index contributed by atoms with van der Waals surface area (Å²) in [6, 6.07) is 13.3. The summed E-state index contributed by atoms with van der Waals surface area (Å²) in [6.07, 6.45) is 0. The third-order valence-corrected chi connectivity index (χ3v) is 4.61. The first-order valence-corrected chi connectivity index (χ1v) is 7.36. The Kier molecular flexibility index (Phi) is 4.31. The molecular formula is C17H20BrN. The quantitative estimate of drug-likeness (QED) is 0.782. The van der Waals surface area contributed by atoms with Gasteiger partial charge in [0.1, 0.15) is 0 Å². The normalized spacial score (nSPS) is 12.3. The van der Waals surface area contributed by atoms with E-state index in [0.29, 0.717) is 6.04 Å². The van der Waals surface area contributed by atoms with Crippen LogP contribution in [0.15, 0.2) is 40.9 Å². The van der Waals surface area contributed by atoms with E-state index in [-0.39, 0.29) is 0 Å². The smallest absolute Gasteiger partial charge is 0.0485 e. The van der Waals surface area contributed by atoms with E-state index < -0.39 is 0 Å². The average Bonchev–Trinajstić information content (AvgIpc) is 2.36. The van der Waals surface area contributed by atoms with Crippen LogP contribution in [0.5, 0.6) is 0 Å². The number of hydrogen-bond donors (Lipinski definition) is 1. The lowest BCUT2D eigenvalue weighted by molar-refractivity contribution is 0.882. The van der Waals surface area contributed by atoms with Crippen LogP contribution in [-0.2, 0) is 0 Å². The minimum atomic E-state index is 0.305. The van der Waals surface area contributed by atoms with Crippen LogP contribution in [-0.4, -0.2) is 0 Å². The molecule has 100 valence electrons. The van der Waals surface area contributed by atoms with Gasteiger partial charge in [0.25, 0.3) is 0 Å². The summed E-state index contributed by atoms with van der Waals surface area (Å²) in [4.78, 5) is 0. The van der Waals surface area contributed by atoms with E-state index in [2.05, 4.69) is 85.3 Å². The molecule has 0 aliphatic carbocycles. The lowest BCUT2D eigenvalue weighted by atomic mass is 10.0. The molecule has 0 heterocycles. The molecule has 0 aliphatic rings. The molecule has 1 unspecified atom stereocenters. The Morgan fingerprint density at radius 1 is 1.00 bits per heavy atom. The second kappa shape index (κ2) is 5.79. The van der Waals surface area contributed by atoms with Crippen molar-refractivity contribution in [3.63, 3.8) is 0 Å². The summed E-state index contributed by atoms with van der Waals surface area (Å²) < 4.78 is 1.20. The van der Waals surface area contributed by atoms with Gasteiger partial charge < -0.3 is 5.32 Å². The number of anilines is 1. The predicted octanol–water partition coefficient (Wildman–Crippen LogP) is 5.55. The van der Waals surface area contributed by atoms with E-state index in [1.807, 2.05) is 0 Å². The van der Waals surface area contributed by atoms with Gasteiger partial charge >= 0.3 is 0 Å². The molecular weight excluding hydrogens is 298 g/mol. The molecule has 2 rings (SSSR count). The molecule has 0 fully saturated rings. The SMILES string of the molecule is Cc1cccc(C(C)Nc2cc(C)c(Br)c(C)c2)c1. The molecule has 2 aromatic rings. The Morgan fingerprint density at radius 2 is 1.63 bits per heavy atom. The van der Waals surface area contributed by atoms with Crippen molar-refractivity contribution in [2.75, 3.05) is 5.32 Å². The highest BCUT2D eigenvalue weighted by Crippen LogP contribution is 2.27. The zero-order valence-electron chi connectivity index (χ0n) is 11.9. The molecule has 1 N–H and O–H groups in total. The van der Waals surface area contributed by atoms with E-state index in [0.717, 1.165) is 0 Å². The molecule has 2 heteroatoms. The molecule has 0 spiro atoms. The van der Waals surface area contributed by atoms with Crippen molar-refractivity contribution in [3.05, 3.63) is 63.1 Å². The third kappa shape index (κ3) is 3.38. The van der Waals surface area contributed by atoms with Crippen LogP contribution in [0.4, 0.5) is 5.69 Å². The Bertz CT molecular complexity index is 567. The van der Waals surface area contributed by atoms with Crippen LogP contribution < -0.4 is 5.32 Å². The number of nitrogens with one attached hydrogen (secondary N) is 1. The Hall–Kier alpha value is -1.28. The van der Waals surface area contributed by atoms with Crippen LogP contribution in [0.3, 0.4) is 0 Å². The van der Waals surface area contributed by atoms with Gasteiger partial charge in [-0.1, -0.05) is 45.8 Å². The van der Waals surface area contributed by atoms with Crippen molar-refractivity contribution in [1.82, 2.24) is 0 Å². The monoisotopic (exact) mass is 317 g/mol. The predicted molar refractivity (Wildman–Crippen MR) is 86.8 cm³/mol. The highest BCUT2D eigenvalue weighted by molar-refractivity contribution is 9.10. The van der Waals surface area contributed by atoms with Crippen molar-refractivity contribution >= 4 is 21.6 Å². The zero-order chi connectivity index (χ0) is 14.0. The van der Waals surface area contributed by atoms with Gasteiger partial charge in [-0.2, -0.15) is 0 Å². The molecule has 0 radical (unpaired) electrons. The second-order valence-corrected chi connectivity index (χ2v) is 6.00. The Labute approximate surface area is 124 Å². The van der Waals surface area contributed by atoms with E-state index >= 15 is 0 Å². The first kappa shape index (κ1) is 14.1. The molecule has 0 saturated carbocycles. The largest absolute Gasteiger partial charge is 0.379 e. The van der Waals surface area contributed by atoms with Gasteiger partial charge in [-0.15, -0.1) is 0 Å². The summed E-state index contributed by atoms with van der Waals surface area (Å²) in [5.41, 5.74) is 6.32. The van der Waals surface area contributed by atoms with Crippen LogP contribution in [0, 0.1) is 20.8 Å². The molecule has 0 saturated heterocycles. The Balaban J connectivity index is 2.21. The van der Waals surface area contributed by atoms with E-state index in [9.17, 15) is 0 Å². The fourth-order valence-electron chi connectivity index (χ4n) is 2.30.